The summed E-state index contributed by atoms with van der Waals surface area (Å²) in [4.78, 5) is 57.6. The fraction of sp³-hybridized carbons (Fsp3) is 0.368. The number of ether oxygens (including phenoxy) is 1. The van der Waals surface area contributed by atoms with Crippen LogP contribution in [0.1, 0.15) is 50.4 Å². The van der Waals surface area contributed by atoms with Gasteiger partial charge in [0, 0.05) is 43.1 Å². The van der Waals surface area contributed by atoms with Crippen molar-refractivity contribution < 1.29 is 23.1 Å². The zero-order valence-electron chi connectivity index (χ0n) is 28.2. The summed E-state index contributed by atoms with van der Waals surface area (Å²) in [7, 11) is 0. The van der Waals surface area contributed by atoms with Crippen molar-refractivity contribution in [1.82, 2.24) is 19.9 Å². The van der Waals surface area contributed by atoms with Gasteiger partial charge in [-0.15, -0.1) is 0 Å². The van der Waals surface area contributed by atoms with E-state index in [1.54, 1.807) is 42.2 Å². The van der Waals surface area contributed by atoms with Crippen LogP contribution in [0.2, 0.25) is 0 Å². The summed E-state index contributed by atoms with van der Waals surface area (Å²) in [6, 6.07) is 11.7. The summed E-state index contributed by atoms with van der Waals surface area (Å²) in [6.45, 7) is 9.00. The first-order valence-electron chi connectivity index (χ1n) is 17.1. The monoisotopic (exact) mass is 679 g/mol. The Balaban J connectivity index is 1.29. The van der Waals surface area contributed by atoms with Gasteiger partial charge in [0.05, 0.1) is 16.9 Å². The molecule has 4 aromatic carbocycles. The molecule has 0 aliphatic carbocycles. The second-order valence-electron chi connectivity index (χ2n) is 14.4. The molecule has 0 bridgehead atoms. The van der Waals surface area contributed by atoms with Gasteiger partial charge in [0.25, 0.3) is 5.91 Å². The highest BCUT2D eigenvalue weighted by Gasteiger charge is 2.32. The SMILES string of the molecule is CC(C)(C)OC(=O)N[C@H]1CCN(c2c(F)cc3c(=O)c(C(=O)NCCN4CCCC4)cn4c5cc6c(cc5oc2c34)c(=O)c2ccccc26)C1. The number of aromatic nitrogens is 1. The smallest absolute Gasteiger partial charge is 0.407 e. The first kappa shape index (κ1) is 32.0. The minimum Gasteiger partial charge on any atom is -0.451 e. The van der Waals surface area contributed by atoms with E-state index in [9.17, 15) is 19.2 Å². The summed E-state index contributed by atoms with van der Waals surface area (Å²) in [5.41, 5.74) is -0.203. The van der Waals surface area contributed by atoms with Crippen molar-refractivity contribution in [3.63, 3.8) is 0 Å². The van der Waals surface area contributed by atoms with Gasteiger partial charge in [-0.25, -0.2) is 9.18 Å². The molecule has 2 aliphatic heterocycles. The maximum absolute atomic E-state index is 16.4. The predicted octanol–water partition coefficient (Wildman–Crippen LogP) is 5.37. The lowest BCUT2D eigenvalue weighted by molar-refractivity contribution is 0.0508. The van der Waals surface area contributed by atoms with Crippen molar-refractivity contribution >= 4 is 66.8 Å². The van der Waals surface area contributed by atoms with E-state index in [4.69, 9.17) is 9.15 Å². The normalized spacial score (nSPS) is 17.2. The molecule has 8 rings (SSSR count). The third kappa shape index (κ3) is 5.47. The Morgan fingerprint density at radius 1 is 0.960 bits per heavy atom. The number of hydrogen-bond donors (Lipinski definition) is 2. The quantitative estimate of drug-likeness (QED) is 0.178. The van der Waals surface area contributed by atoms with E-state index in [2.05, 4.69) is 15.5 Å². The first-order valence-corrected chi connectivity index (χ1v) is 17.1. The van der Waals surface area contributed by atoms with Crippen LogP contribution in [0.4, 0.5) is 14.9 Å². The highest BCUT2D eigenvalue weighted by atomic mass is 19.1. The number of anilines is 1. The summed E-state index contributed by atoms with van der Waals surface area (Å²) < 4.78 is 30.0. The van der Waals surface area contributed by atoms with E-state index < -0.39 is 28.8 Å². The standard InChI is InChI=1S/C38H38FN5O6/c1-38(2,3)50-37(48)41-21-10-14-43(19-21)32-28(39)16-26-31-35(32)49-30-18-25-24(22-8-4-5-9-23(22)33(25)45)17-29(30)44(31)20-27(34(26)46)36(47)40-11-15-42-12-6-7-13-42/h4-5,8-9,16-18,20-21H,6-7,10-15,19H2,1-3H3,(H,40,47)(H,41,48)/t21-/m0/s1. The number of hydrogen-bond acceptors (Lipinski definition) is 8. The van der Waals surface area contributed by atoms with Gasteiger partial charge in [-0.05, 0) is 82.1 Å². The van der Waals surface area contributed by atoms with Crippen LogP contribution >= 0.6 is 0 Å². The lowest BCUT2D eigenvalue weighted by Crippen LogP contribution is -2.40. The zero-order valence-corrected chi connectivity index (χ0v) is 28.2. The Bertz CT molecular complexity index is 2460. The summed E-state index contributed by atoms with van der Waals surface area (Å²) in [6.07, 6.45) is 3.71. The lowest BCUT2D eigenvalue weighted by atomic mass is 10.1. The van der Waals surface area contributed by atoms with Crippen LogP contribution in [0.25, 0.3) is 49.1 Å². The molecule has 6 aromatic rings. The fourth-order valence-electron chi connectivity index (χ4n) is 7.56. The Kier molecular flexibility index (Phi) is 7.66. The third-order valence-electron chi connectivity index (χ3n) is 9.83. The Morgan fingerprint density at radius 3 is 2.48 bits per heavy atom. The minimum absolute atomic E-state index is 0.00121. The molecule has 0 unspecified atom stereocenters. The molecule has 0 radical (unpaired) electrons. The molecular weight excluding hydrogens is 641 g/mol. The number of alkyl carbamates (subject to hydrolysis) is 1. The molecule has 2 aliphatic rings. The molecule has 50 heavy (non-hydrogen) atoms. The first-order chi connectivity index (χ1) is 24.0. The van der Waals surface area contributed by atoms with Gasteiger partial charge in [0.2, 0.25) is 5.43 Å². The Hall–Kier alpha value is -5.23. The number of halogens is 1. The molecule has 2 N–H and O–H groups in total. The number of carbonyl (C=O) groups excluding carboxylic acids is 2. The van der Waals surface area contributed by atoms with Crippen LogP contribution in [-0.2, 0) is 4.74 Å². The molecule has 0 spiro atoms. The summed E-state index contributed by atoms with van der Waals surface area (Å²) in [5, 5.41) is 8.26. The van der Waals surface area contributed by atoms with Crippen molar-refractivity contribution in [3.8, 4) is 0 Å². The van der Waals surface area contributed by atoms with E-state index in [-0.39, 0.29) is 45.8 Å². The van der Waals surface area contributed by atoms with Gasteiger partial charge >= 0.3 is 6.09 Å². The van der Waals surface area contributed by atoms with E-state index in [1.165, 1.54) is 12.3 Å². The number of nitrogens with zero attached hydrogens (tertiary/aromatic N) is 3. The highest BCUT2D eigenvalue weighted by molar-refractivity contribution is 6.15. The number of nitrogens with one attached hydrogen (secondary N) is 2. The molecule has 4 heterocycles. The lowest BCUT2D eigenvalue weighted by Gasteiger charge is -2.24. The maximum atomic E-state index is 16.4. The molecule has 11 nitrogen and oxygen atoms in total. The number of amides is 2. The molecule has 258 valence electrons. The van der Waals surface area contributed by atoms with Gasteiger partial charge in [0.15, 0.2) is 22.4 Å². The van der Waals surface area contributed by atoms with Gasteiger partial charge < -0.3 is 34.0 Å². The molecular formula is C38H38FN5O6. The van der Waals surface area contributed by atoms with E-state index in [1.807, 2.05) is 24.3 Å². The van der Waals surface area contributed by atoms with E-state index in [0.29, 0.717) is 53.2 Å². The summed E-state index contributed by atoms with van der Waals surface area (Å²) >= 11 is 0. The van der Waals surface area contributed by atoms with Crippen molar-refractivity contribution in [3.05, 3.63) is 80.5 Å². The second-order valence-corrected chi connectivity index (χ2v) is 14.4. The number of benzene rings is 3. The molecule has 1 atom stereocenters. The van der Waals surface area contributed by atoms with Crippen molar-refractivity contribution in [2.45, 2.75) is 51.7 Å². The van der Waals surface area contributed by atoms with Crippen LogP contribution in [0.5, 0.6) is 0 Å². The molecule has 12 heteroatoms. The van der Waals surface area contributed by atoms with Gasteiger partial charge in [-0.1, -0.05) is 24.3 Å². The molecule has 2 saturated heterocycles. The van der Waals surface area contributed by atoms with E-state index >= 15 is 4.39 Å². The van der Waals surface area contributed by atoms with Crippen molar-refractivity contribution in [2.24, 2.45) is 0 Å². The molecule has 2 amide bonds. The van der Waals surface area contributed by atoms with E-state index in [0.717, 1.165) is 31.3 Å². The van der Waals surface area contributed by atoms with Gasteiger partial charge in [0.1, 0.15) is 22.4 Å². The van der Waals surface area contributed by atoms with Gasteiger partial charge in [-0.2, -0.15) is 0 Å². The molecule has 2 aromatic heterocycles. The van der Waals surface area contributed by atoms with Crippen molar-refractivity contribution in [1.29, 1.82) is 0 Å². The van der Waals surface area contributed by atoms with Crippen LogP contribution in [0.3, 0.4) is 0 Å². The molecule has 0 saturated carbocycles. The number of rotatable bonds is 6. The topological polar surface area (TPSA) is 126 Å². The minimum atomic E-state index is -0.700. The molecule has 2 fully saturated rings. The van der Waals surface area contributed by atoms with Crippen LogP contribution in [0.15, 0.2) is 62.7 Å². The largest absolute Gasteiger partial charge is 0.451 e. The average molecular weight is 680 g/mol. The van der Waals surface area contributed by atoms with Crippen molar-refractivity contribution in [2.75, 3.05) is 44.2 Å². The average Bonchev–Trinajstić information content (AvgIpc) is 3.81. The summed E-state index contributed by atoms with van der Waals surface area (Å²) in [5.74, 6) is -1.25. The number of fused-ring (bicyclic) bond motifs is 5. The number of pyridine rings is 1. The predicted molar refractivity (Wildman–Crippen MR) is 191 cm³/mol. The van der Waals surface area contributed by atoms with Crippen LogP contribution < -0.4 is 26.4 Å². The van der Waals surface area contributed by atoms with Gasteiger partial charge in [-0.3, -0.25) is 14.4 Å². The highest BCUT2D eigenvalue weighted by Crippen LogP contribution is 2.38. The Labute approximate surface area is 285 Å². The van der Waals surface area contributed by atoms with Crippen LogP contribution in [0, 0.1) is 5.82 Å². The fourth-order valence-corrected chi connectivity index (χ4v) is 7.56. The third-order valence-corrected chi connectivity index (χ3v) is 9.83. The van der Waals surface area contributed by atoms with Crippen LogP contribution in [-0.4, -0.2) is 72.2 Å². The number of likely N-dealkylation sites (tertiary alicyclic amines) is 1. The Morgan fingerprint density at radius 2 is 1.72 bits per heavy atom. The maximum Gasteiger partial charge on any atom is 0.407 e. The second kappa shape index (κ2) is 12.0. The zero-order chi connectivity index (χ0) is 34.9. The number of carbonyl (C=O) groups is 2.